The number of aromatic nitrogens is 4. The molecule has 0 aliphatic heterocycles. The van der Waals surface area contributed by atoms with Crippen molar-refractivity contribution in [1.82, 2.24) is 20.2 Å². The summed E-state index contributed by atoms with van der Waals surface area (Å²) in [6.45, 7) is 0. The molecule has 100 valence electrons. The van der Waals surface area contributed by atoms with E-state index in [1.54, 1.807) is 35.0 Å². The molecule has 0 fully saturated rings. The molecule has 0 spiro atoms. The van der Waals surface area contributed by atoms with Gasteiger partial charge in [-0.15, -0.1) is 5.10 Å². The van der Waals surface area contributed by atoms with E-state index in [-0.39, 0.29) is 0 Å². The molecule has 0 aliphatic carbocycles. The summed E-state index contributed by atoms with van der Waals surface area (Å²) in [6, 6.07) is 12.5. The van der Waals surface area contributed by atoms with Gasteiger partial charge >= 0.3 is 0 Å². The maximum atomic E-state index is 5.99. The first kappa shape index (κ1) is 12.4. The third-order valence-electron chi connectivity index (χ3n) is 2.76. The minimum atomic E-state index is 0.547. The largest absolute Gasteiger partial charge is 0.399 e. The lowest BCUT2D eigenvalue weighted by Crippen LogP contribution is -2.01. The van der Waals surface area contributed by atoms with Crippen LogP contribution >= 0.6 is 11.6 Å². The number of tetrazole rings is 1. The molecule has 7 heteroatoms. The van der Waals surface area contributed by atoms with Crippen LogP contribution in [0.3, 0.4) is 0 Å². The fourth-order valence-corrected chi connectivity index (χ4v) is 2.14. The topological polar surface area (TPSA) is 95.6 Å². The summed E-state index contributed by atoms with van der Waals surface area (Å²) >= 11 is 5.99. The molecular formula is C13H11ClN6. The molecule has 0 unspecified atom stereocenters. The maximum absolute atomic E-state index is 5.99. The second-order valence-electron chi connectivity index (χ2n) is 4.28. The number of nitrogen functional groups attached to an aromatic ring is 2. The quantitative estimate of drug-likeness (QED) is 0.704. The molecule has 0 saturated heterocycles. The van der Waals surface area contributed by atoms with E-state index >= 15 is 0 Å². The normalized spacial score (nSPS) is 10.7. The van der Waals surface area contributed by atoms with Crippen LogP contribution in [0.25, 0.3) is 17.1 Å². The number of nitrogens with zero attached hydrogens (tertiary/aromatic N) is 4. The second-order valence-corrected chi connectivity index (χ2v) is 4.72. The molecule has 1 heterocycles. The zero-order valence-electron chi connectivity index (χ0n) is 10.4. The van der Waals surface area contributed by atoms with E-state index in [9.17, 15) is 0 Å². The van der Waals surface area contributed by atoms with Gasteiger partial charge in [0.1, 0.15) is 0 Å². The molecule has 0 saturated carbocycles. The van der Waals surface area contributed by atoms with Crippen LogP contribution in [-0.4, -0.2) is 20.2 Å². The lowest BCUT2D eigenvalue weighted by molar-refractivity contribution is 0.791. The van der Waals surface area contributed by atoms with Gasteiger partial charge in [-0.05, 0) is 46.8 Å². The first-order chi connectivity index (χ1) is 9.63. The van der Waals surface area contributed by atoms with Crippen molar-refractivity contribution >= 4 is 23.0 Å². The molecule has 3 rings (SSSR count). The van der Waals surface area contributed by atoms with E-state index in [0.29, 0.717) is 22.2 Å². The van der Waals surface area contributed by atoms with Gasteiger partial charge in [-0.25, -0.2) is 0 Å². The summed E-state index contributed by atoms with van der Waals surface area (Å²) in [5.41, 5.74) is 14.2. The molecular weight excluding hydrogens is 276 g/mol. The Balaban J connectivity index is 2.15. The van der Waals surface area contributed by atoms with Crippen molar-refractivity contribution < 1.29 is 0 Å². The third kappa shape index (κ3) is 2.28. The van der Waals surface area contributed by atoms with Crippen molar-refractivity contribution in [3.63, 3.8) is 0 Å². The summed E-state index contributed by atoms with van der Waals surface area (Å²) < 4.78 is 1.58. The molecule has 1 aromatic heterocycles. The van der Waals surface area contributed by atoms with E-state index in [1.165, 1.54) is 0 Å². The third-order valence-corrected chi connectivity index (χ3v) is 2.99. The molecule has 6 nitrogen and oxygen atoms in total. The number of hydrogen-bond donors (Lipinski definition) is 2. The highest BCUT2D eigenvalue weighted by Gasteiger charge is 2.12. The van der Waals surface area contributed by atoms with Gasteiger partial charge in [-0.1, -0.05) is 17.7 Å². The van der Waals surface area contributed by atoms with Crippen LogP contribution in [0.2, 0.25) is 5.02 Å². The Morgan fingerprint density at radius 1 is 1.00 bits per heavy atom. The number of halogens is 1. The second kappa shape index (κ2) is 4.82. The molecule has 0 amide bonds. The van der Waals surface area contributed by atoms with E-state index in [0.717, 1.165) is 11.3 Å². The number of hydrogen-bond acceptors (Lipinski definition) is 5. The number of benzene rings is 2. The minimum Gasteiger partial charge on any atom is -0.399 e. The van der Waals surface area contributed by atoms with Crippen molar-refractivity contribution in [3.8, 4) is 17.1 Å². The van der Waals surface area contributed by atoms with Crippen molar-refractivity contribution in [3.05, 3.63) is 47.5 Å². The van der Waals surface area contributed by atoms with E-state index in [2.05, 4.69) is 15.5 Å². The van der Waals surface area contributed by atoms with Gasteiger partial charge in [0, 0.05) is 22.0 Å². The van der Waals surface area contributed by atoms with E-state index in [1.807, 2.05) is 12.1 Å². The summed E-state index contributed by atoms with van der Waals surface area (Å²) in [5.74, 6) is 0.547. The summed E-state index contributed by atoms with van der Waals surface area (Å²) in [6.07, 6.45) is 0. The van der Waals surface area contributed by atoms with E-state index in [4.69, 9.17) is 23.1 Å². The summed E-state index contributed by atoms with van der Waals surface area (Å²) in [5, 5.41) is 12.3. The van der Waals surface area contributed by atoms with E-state index < -0.39 is 0 Å². The van der Waals surface area contributed by atoms with Gasteiger partial charge in [0.25, 0.3) is 0 Å². The predicted octanol–water partition coefficient (Wildman–Crippen LogP) is 2.15. The Bertz CT molecular complexity index is 747. The molecule has 3 aromatic rings. The molecule has 0 atom stereocenters. The average molecular weight is 287 g/mol. The van der Waals surface area contributed by atoms with Crippen LogP contribution in [0.4, 0.5) is 11.4 Å². The fraction of sp³-hybridized carbons (Fsp3) is 0. The van der Waals surface area contributed by atoms with Gasteiger partial charge in [0.2, 0.25) is 0 Å². The number of nitrogens with two attached hydrogens (primary N) is 2. The Hall–Kier alpha value is -2.60. The van der Waals surface area contributed by atoms with Crippen molar-refractivity contribution in [2.24, 2.45) is 0 Å². The molecule has 20 heavy (non-hydrogen) atoms. The van der Waals surface area contributed by atoms with Crippen LogP contribution in [-0.2, 0) is 0 Å². The van der Waals surface area contributed by atoms with Crippen LogP contribution in [0, 0.1) is 0 Å². The van der Waals surface area contributed by atoms with Gasteiger partial charge < -0.3 is 11.5 Å². The standard InChI is InChI=1S/C13H11ClN6/c14-9-2-1-3-12(6-9)20-13(17-18-19-20)8-4-10(15)7-11(16)5-8/h1-7H,15-16H2. The van der Waals surface area contributed by atoms with Crippen LogP contribution in [0.1, 0.15) is 0 Å². The zero-order chi connectivity index (χ0) is 14.1. The van der Waals surface area contributed by atoms with Crippen molar-refractivity contribution in [2.45, 2.75) is 0 Å². The first-order valence-corrected chi connectivity index (χ1v) is 6.22. The Kier molecular flexibility index (Phi) is 3.00. The summed E-state index contributed by atoms with van der Waals surface area (Å²) in [7, 11) is 0. The van der Waals surface area contributed by atoms with Crippen molar-refractivity contribution in [1.29, 1.82) is 0 Å². The monoisotopic (exact) mass is 286 g/mol. The lowest BCUT2D eigenvalue weighted by atomic mass is 10.1. The highest BCUT2D eigenvalue weighted by molar-refractivity contribution is 6.30. The van der Waals surface area contributed by atoms with Crippen LogP contribution in [0.15, 0.2) is 42.5 Å². The Morgan fingerprint density at radius 2 is 1.75 bits per heavy atom. The smallest absolute Gasteiger partial charge is 0.187 e. The number of anilines is 2. The van der Waals surface area contributed by atoms with Gasteiger partial charge in [-0.3, -0.25) is 0 Å². The Labute approximate surface area is 120 Å². The highest BCUT2D eigenvalue weighted by atomic mass is 35.5. The SMILES string of the molecule is Nc1cc(N)cc(-c2nnnn2-c2cccc(Cl)c2)c1. The molecule has 0 radical (unpaired) electrons. The molecule has 0 aliphatic rings. The zero-order valence-corrected chi connectivity index (χ0v) is 11.1. The fourth-order valence-electron chi connectivity index (χ4n) is 1.95. The molecule has 2 aromatic carbocycles. The Morgan fingerprint density at radius 3 is 2.45 bits per heavy atom. The maximum Gasteiger partial charge on any atom is 0.187 e. The lowest BCUT2D eigenvalue weighted by Gasteiger charge is -2.06. The van der Waals surface area contributed by atoms with Gasteiger partial charge in [-0.2, -0.15) is 4.68 Å². The van der Waals surface area contributed by atoms with Crippen LogP contribution in [0.5, 0.6) is 0 Å². The van der Waals surface area contributed by atoms with Crippen molar-refractivity contribution in [2.75, 3.05) is 11.5 Å². The average Bonchev–Trinajstić information content (AvgIpc) is 2.86. The number of rotatable bonds is 2. The first-order valence-electron chi connectivity index (χ1n) is 5.84. The van der Waals surface area contributed by atoms with Gasteiger partial charge in [0.05, 0.1) is 5.69 Å². The minimum absolute atomic E-state index is 0.547. The predicted molar refractivity (Wildman–Crippen MR) is 78.4 cm³/mol. The van der Waals surface area contributed by atoms with Gasteiger partial charge in [0.15, 0.2) is 5.82 Å². The highest BCUT2D eigenvalue weighted by Crippen LogP contribution is 2.25. The molecule has 4 N–H and O–H groups in total. The molecule has 0 bridgehead atoms. The summed E-state index contributed by atoms with van der Waals surface area (Å²) in [4.78, 5) is 0. The van der Waals surface area contributed by atoms with Crippen LogP contribution < -0.4 is 11.5 Å².